The minimum atomic E-state index is -0.575. The minimum absolute atomic E-state index is 0.0915. The number of benzene rings is 2. The lowest BCUT2D eigenvalue weighted by atomic mass is 9.81. The highest BCUT2D eigenvalue weighted by atomic mass is 79.9. The van der Waals surface area contributed by atoms with Gasteiger partial charge in [0.25, 0.3) is 0 Å². The topological polar surface area (TPSA) is 84.0 Å². The molecule has 7 nitrogen and oxygen atoms in total. The van der Waals surface area contributed by atoms with Crippen LogP contribution in [0.15, 0.2) is 36.4 Å². The lowest BCUT2D eigenvalue weighted by Crippen LogP contribution is -2.37. The van der Waals surface area contributed by atoms with Crippen molar-refractivity contribution in [3.05, 3.63) is 53.1 Å². The van der Waals surface area contributed by atoms with E-state index in [0.29, 0.717) is 17.0 Å². The molecule has 2 aliphatic heterocycles. The fraction of sp³-hybridized carbons (Fsp3) is 0.448. The number of esters is 1. The van der Waals surface area contributed by atoms with Gasteiger partial charge in [-0.25, -0.2) is 4.90 Å². The molecule has 0 aromatic heterocycles. The molecule has 0 spiro atoms. The van der Waals surface area contributed by atoms with Crippen LogP contribution in [0.3, 0.4) is 0 Å². The molecule has 198 valence electrons. The number of fused-ring (bicyclic) bond motifs is 5. The first kappa shape index (κ1) is 25.7. The van der Waals surface area contributed by atoms with Gasteiger partial charge in [-0.3, -0.25) is 19.2 Å². The summed E-state index contributed by atoms with van der Waals surface area (Å²) in [5.41, 5.74) is 4.12. The van der Waals surface area contributed by atoms with Crippen LogP contribution in [0.4, 0.5) is 11.4 Å². The molecule has 2 heterocycles. The molecule has 7 atom stereocenters. The number of hydrogen-bond donors (Lipinski definition) is 0. The molecule has 2 saturated carbocycles. The van der Waals surface area contributed by atoms with E-state index in [1.54, 1.807) is 30.0 Å². The number of imide groups is 1. The van der Waals surface area contributed by atoms with E-state index in [4.69, 9.17) is 4.74 Å². The Balaban J connectivity index is 1.16. The summed E-state index contributed by atoms with van der Waals surface area (Å²) < 4.78 is 5.66. The van der Waals surface area contributed by atoms with Crippen LogP contribution in [-0.2, 0) is 19.2 Å². The average Bonchev–Trinajstić information content (AvgIpc) is 3.58. The highest BCUT2D eigenvalue weighted by Crippen LogP contribution is 2.60. The molecule has 0 radical (unpaired) electrons. The van der Waals surface area contributed by atoms with Gasteiger partial charge >= 0.3 is 5.97 Å². The van der Waals surface area contributed by atoms with Crippen LogP contribution in [0.1, 0.15) is 29.5 Å². The summed E-state index contributed by atoms with van der Waals surface area (Å²) in [5.74, 6) is -1.38. The number of nitrogens with zero attached hydrogens (tertiary/aromatic N) is 2. The molecule has 2 aromatic carbocycles. The Morgan fingerprint density at radius 3 is 2.08 bits per heavy atom. The molecule has 6 rings (SSSR count). The average molecular weight is 644 g/mol. The van der Waals surface area contributed by atoms with Gasteiger partial charge in [-0.1, -0.05) is 49.6 Å². The van der Waals surface area contributed by atoms with E-state index in [9.17, 15) is 19.2 Å². The van der Waals surface area contributed by atoms with Crippen LogP contribution in [0.25, 0.3) is 0 Å². The van der Waals surface area contributed by atoms with Crippen molar-refractivity contribution in [1.82, 2.24) is 0 Å². The maximum atomic E-state index is 13.4. The van der Waals surface area contributed by atoms with Crippen molar-refractivity contribution >= 4 is 66.9 Å². The van der Waals surface area contributed by atoms with E-state index >= 15 is 0 Å². The minimum Gasteiger partial charge on any atom is -0.426 e. The molecule has 4 fully saturated rings. The lowest BCUT2D eigenvalue weighted by molar-refractivity contribution is -0.139. The molecule has 9 heteroatoms. The zero-order valence-corrected chi connectivity index (χ0v) is 24.5. The number of ether oxygens (including phenoxy) is 1. The van der Waals surface area contributed by atoms with E-state index < -0.39 is 11.9 Å². The number of carbonyl (C=O) groups excluding carboxylic acids is 4. The monoisotopic (exact) mass is 642 g/mol. The Morgan fingerprint density at radius 1 is 0.868 bits per heavy atom. The van der Waals surface area contributed by atoms with Crippen LogP contribution in [0.2, 0.25) is 0 Å². The largest absolute Gasteiger partial charge is 0.426 e. The predicted molar refractivity (Wildman–Crippen MR) is 150 cm³/mol. The summed E-state index contributed by atoms with van der Waals surface area (Å²) in [6.45, 7) is 6.02. The maximum absolute atomic E-state index is 13.4. The van der Waals surface area contributed by atoms with Gasteiger partial charge in [0.15, 0.2) is 0 Å². The Morgan fingerprint density at radius 2 is 1.47 bits per heavy atom. The van der Waals surface area contributed by atoms with Crippen molar-refractivity contribution in [2.45, 2.75) is 43.3 Å². The number of alkyl halides is 2. The second-order valence-electron chi connectivity index (χ2n) is 11.1. The van der Waals surface area contributed by atoms with E-state index in [0.717, 1.165) is 23.2 Å². The smallest absolute Gasteiger partial charge is 0.316 e. The Hall–Kier alpha value is -2.52. The van der Waals surface area contributed by atoms with Gasteiger partial charge in [0.2, 0.25) is 17.7 Å². The van der Waals surface area contributed by atoms with E-state index in [-0.39, 0.29) is 64.0 Å². The van der Waals surface area contributed by atoms with Crippen LogP contribution in [0.5, 0.6) is 5.75 Å². The van der Waals surface area contributed by atoms with Crippen LogP contribution >= 0.6 is 31.9 Å². The fourth-order valence-electron chi connectivity index (χ4n) is 6.93. The summed E-state index contributed by atoms with van der Waals surface area (Å²) in [4.78, 5) is 55.8. The molecule has 2 aromatic rings. The van der Waals surface area contributed by atoms with Gasteiger partial charge in [0.1, 0.15) is 5.75 Å². The second-order valence-corrected chi connectivity index (χ2v) is 13.2. The van der Waals surface area contributed by atoms with E-state index in [1.165, 1.54) is 4.90 Å². The van der Waals surface area contributed by atoms with Crippen molar-refractivity contribution in [2.24, 2.45) is 29.6 Å². The Bertz CT molecular complexity index is 1360. The summed E-state index contributed by atoms with van der Waals surface area (Å²) in [5, 5.41) is 0. The summed E-state index contributed by atoms with van der Waals surface area (Å²) in [7, 11) is 0. The number of hydrogen-bond acceptors (Lipinski definition) is 5. The van der Waals surface area contributed by atoms with Crippen molar-refractivity contribution in [3.8, 4) is 5.75 Å². The standard InChI is InChI=1S/C29H28Br2N2O5/c1-13-4-6-20(14(2)8-13)32-12-16(10-22(32)34)29(37)38-17-5-7-21(15(3)9-17)33-27(35)23-18-11-19(24(23)28(33)36)26(31)25(18)30/h4-9,16,18-19,23-26H,10-12H2,1-3H3/t16-,18-,19-,23-,24+,25+,26+/m1/s1. The van der Waals surface area contributed by atoms with Crippen molar-refractivity contribution in [3.63, 3.8) is 0 Å². The fourth-order valence-corrected chi connectivity index (χ4v) is 8.81. The molecule has 3 amide bonds. The maximum Gasteiger partial charge on any atom is 0.316 e. The highest BCUT2D eigenvalue weighted by molar-refractivity contribution is 9.12. The third-order valence-corrected chi connectivity index (χ3v) is 11.9. The summed E-state index contributed by atoms with van der Waals surface area (Å²) in [6, 6.07) is 10.8. The first-order chi connectivity index (χ1) is 18.1. The van der Waals surface area contributed by atoms with Gasteiger partial charge in [0, 0.05) is 28.3 Å². The van der Waals surface area contributed by atoms with Gasteiger partial charge in [0.05, 0.1) is 23.4 Å². The zero-order valence-electron chi connectivity index (χ0n) is 21.3. The predicted octanol–water partition coefficient (Wildman–Crippen LogP) is 4.85. The lowest BCUT2D eigenvalue weighted by Gasteiger charge is -2.28. The third-order valence-electron chi connectivity index (χ3n) is 8.72. The molecule has 0 N–H and O–H groups in total. The number of rotatable bonds is 4. The van der Waals surface area contributed by atoms with E-state index in [2.05, 4.69) is 31.9 Å². The number of amides is 3. The summed E-state index contributed by atoms with van der Waals surface area (Å²) >= 11 is 7.44. The van der Waals surface area contributed by atoms with Crippen molar-refractivity contribution in [1.29, 1.82) is 0 Å². The first-order valence-electron chi connectivity index (χ1n) is 12.9. The molecule has 38 heavy (non-hydrogen) atoms. The summed E-state index contributed by atoms with van der Waals surface area (Å²) in [6.07, 6.45) is 0.971. The molecule has 2 bridgehead atoms. The van der Waals surface area contributed by atoms with Crippen molar-refractivity contribution in [2.75, 3.05) is 16.3 Å². The van der Waals surface area contributed by atoms with Crippen LogP contribution < -0.4 is 14.5 Å². The molecular formula is C29H28Br2N2O5. The number of halogens is 2. The van der Waals surface area contributed by atoms with Gasteiger partial charge < -0.3 is 9.64 Å². The van der Waals surface area contributed by atoms with E-state index in [1.807, 2.05) is 32.0 Å². The zero-order chi connectivity index (χ0) is 27.0. The number of aryl methyl sites for hydroxylation is 3. The highest BCUT2D eigenvalue weighted by Gasteiger charge is 2.66. The van der Waals surface area contributed by atoms with Crippen LogP contribution in [-0.4, -0.2) is 39.9 Å². The first-order valence-corrected chi connectivity index (χ1v) is 14.8. The third kappa shape index (κ3) is 3.87. The molecular weight excluding hydrogens is 616 g/mol. The van der Waals surface area contributed by atoms with Gasteiger partial charge in [-0.15, -0.1) is 0 Å². The SMILES string of the molecule is Cc1ccc(N2C[C@H](C(=O)Oc3ccc(N4C(=O)[C@@H]5[C@H]6C[C@@H]([C@H](Br)[C@H]6Br)[C@@H]5C4=O)c(C)c3)CC2=O)c(C)c1. The Kier molecular flexibility index (Phi) is 6.30. The van der Waals surface area contributed by atoms with Gasteiger partial charge in [-0.2, -0.15) is 0 Å². The molecule has 4 aliphatic rings. The molecule has 2 saturated heterocycles. The van der Waals surface area contributed by atoms with Crippen LogP contribution in [0, 0.1) is 50.4 Å². The Labute approximate surface area is 238 Å². The molecule has 2 aliphatic carbocycles. The number of anilines is 2. The second kappa shape index (κ2) is 9.30. The number of carbonyl (C=O) groups is 4. The normalized spacial score (nSPS) is 31.9. The van der Waals surface area contributed by atoms with Crippen molar-refractivity contribution < 1.29 is 23.9 Å². The molecule has 0 unspecified atom stereocenters. The quantitative estimate of drug-likeness (QED) is 0.206. The van der Waals surface area contributed by atoms with Gasteiger partial charge in [-0.05, 0) is 74.4 Å².